The molecule has 1 saturated heterocycles. The van der Waals surface area contributed by atoms with Crippen LogP contribution in [0.3, 0.4) is 0 Å². The van der Waals surface area contributed by atoms with Crippen LogP contribution in [0.2, 0.25) is 0 Å². The van der Waals surface area contributed by atoms with Crippen molar-refractivity contribution in [2.24, 2.45) is 5.92 Å². The Morgan fingerprint density at radius 1 is 1.25 bits per heavy atom. The summed E-state index contributed by atoms with van der Waals surface area (Å²) in [5, 5.41) is 20.6. The molecule has 2 amide bonds. The predicted molar refractivity (Wildman–Crippen MR) is 104 cm³/mol. The molecule has 1 aromatic rings. The second kappa shape index (κ2) is 9.74. The van der Waals surface area contributed by atoms with E-state index in [0.29, 0.717) is 25.1 Å². The summed E-state index contributed by atoms with van der Waals surface area (Å²) in [5.41, 5.74) is 1.41. The van der Waals surface area contributed by atoms with Crippen LogP contribution in [-0.4, -0.2) is 60.0 Å². The molecule has 1 aromatic carbocycles. The smallest absolute Gasteiger partial charge is 0.305 e. The molecule has 8 heteroatoms. The predicted octanol–water partition coefficient (Wildman–Crippen LogP) is 1.21. The molecular weight excluding hydrogens is 360 g/mol. The number of carbonyl (C=O) groups excluding carboxylic acids is 2. The molecule has 8 nitrogen and oxygen atoms in total. The number of anilines is 1. The van der Waals surface area contributed by atoms with Crippen LogP contribution in [0, 0.1) is 17.2 Å². The van der Waals surface area contributed by atoms with Gasteiger partial charge in [0.25, 0.3) is 0 Å². The summed E-state index contributed by atoms with van der Waals surface area (Å²) < 4.78 is 0. The van der Waals surface area contributed by atoms with E-state index in [1.165, 1.54) is 4.90 Å². The number of carboxylic acids is 1. The first kappa shape index (κ1) is 21.2. The molecule has 2 rings (SSSR count). The molecule has 2 N–H and O–H groups in total. The lowest BCUT2D eigenvalue weighted by Crippen LogP contribution is -2.54. The largest absolute Gasteiger partial charge is 0.481 e. The highest BCUT2D eigenvalue weighted by Crippen LogP contribution is 2.17. The van der Waals surface area contributed by atoms with Gasteiger partial charge < -0.3 is 20.2 Å². The summed E-state index contributed by atoms with van der Waals surface area (Å²) in [4.78, 5) is 39.1. The van der Waals surface area contributed by atoms with Crippen LogP contribution >= 0.6 is 0 Å². The van der Waals surface area contributed by atoms with Gasteiger partial charge in [-0.05, 0) is 36.6 Å². The molecule has 150 valence electrons. The van der Waals surface area contributed by atoms with Gasteiger partial charge in [-0.1, -0.05) is 13.8 Å². The monoisotopic (exact) mass is 386 g/mol. The number of amides is 2. The molecule has 0 bridgehead atoms. The highest BCUT2D eigenvalue weighted by atomic mass is 16.4. The Balaban J connectivity index is 1.89. The van der Waals surface area contributed by atoms with Crippen molar-refractivity contribution in [2.45, 2.75) is 32.7 Å². The SMILES string of the molecule is CC(C)CC(CC(=O)O)NC(=O)CN1CCN(c2ccc(C#N)cc2)CC1=O. The average Bonchev–Trinajstić information content (AvgIpc) is 2.62. The summed E-state index contributed by atoms with van der Waals surface area (Å²) in [5.74, 6) is -1.21. The Kier molecular flexibility index (Phi) is 7.38. The van der Waals surface area contributed by atoms with E-state index >= 15 is 0 Å². The Morgan fingerprint density at radius 3 is 2.46 bits per heavy atom. The fourth-order valence-corrected chi connectivity index (χ4v) is 3.26. The molecule has 0 aromatic heterocycles. The third-order valence-electron chi connectivity index (χ3n) is 4.56. The normalized spacial score (nSPS) is 15.3. The Bertz CT molecular complexity index is 754. The van der Waals surface area contributed by atoms with E-state index in [1.807, 2.05) is 18.7 Å². The average molecular weight is 386 g/mol. The third kappa shape index (κ3) is 6.27. The maximum absolute atomic E-state index is 12.4. The van der Waals surface area contributed by atoms with Crippen molar-refractivity contribution in [3.63, 3.8) is 0 Å². The van der Waals surface area contributed by atoms with Gasteiger partial charge >= 0.3 is 5.97 Å². The molecule has 1 aliphatic rings. The van der Waals surface area contributed by atoms with Crippen LogP contribution in [0.1, 0.15) is 32.3 Å². The molecule has 0 radical (unpaired) electrons. The van der Waals surface area contributed by atoms with Gasteiger partial charge in [0.1, 0.15) is 0 Å². The van der Waals surface area contributed by atoms with Crippen molar-refractivity contribution >= 4 is 23.5 Å². The van der Waals surface area contributed by atoms with E-state index in [1.54, 1.807) is 24.3 Å². The summed E-state index contributed by atoms with van der Waals surface area (Å²) in [6.45, 7) is 4.99. The first-order valence-electron chi connectivity index (χ1n) is 9.32. The van der Waals surface area contributed by atoms with E-state index < -0.39 is 12.0 Å². The van der Waals surface area contributed by atoms with E-state index in [4.69, 9.17) is 10.4 Å². The summed E-state index contributed by atoms with van der Waals surface area (Å²) in [7, 11) is 0. The number of nitrogens with zero attached hydrogens (tertiary/aromatic N) is 3. The van der Waals surface area contributed by atoms with Crippen molar-refractivity contribution < 1.29 is 19.5 Å². The van der Waals surface area contributed by atoms with Crippen LogP contribution in [-0.2, 0) is 14.4 Å². The minimum Gasteiger partial charge on any atom is -0.481 e. The van der Waals surface area contributed by atoms with Gasteiger partial charge in [0.15, 0.2) is 0 Å². The number of hydrogen-bond donors (Lipinski definition) is 2. The number of hydrogen-bond acceptors (Lipinski definition) is 5. The van der Waals surface area contributed by atoms with Crippen molar-refractivity contribution in [2.75, 3.05) is 31.1 Å². The summed E-state index contributed by atoms with van der Waals surface area (Å²) >= 11 is 0. The van der Waals surface area contributed by atoms with Gasteiger partial charge in [0.2, 0.25) is 11.8 Å². The van der Waals surface area contributed by atoms with Crippen LogP contribution in [0.25, 0.3) is 0 Å². The third-order valence-corrected chi connectivity index (χ3v) is 4.56. The zero-order chi connectivity index (χ0) is 20.7. The first-order chi connectivity index (χ1) is 13.3. The van der Waals surface area contributed by atoms with Crippen molar-refractivity contribution in [1.29, 1.82) is 5.26 Å². The van der Waals surface area contributed by atoms with Gasteiger partial charge in [-0.25, -0.2) is 0 Å². The maximum atomic E-state index is 12.4. The van der Waals surface area contributed by atoms with Crippen LogP contribution < -0.4 is 10.2 Å². The van der Waals surface area contributed by atoms with E-state index in [-0.39, 0.29) is 37.2 Å². The standard InChI is InChI=1S/C20H26N4O4/c1-14(2)9-16(10-20(27)28)22-18(25)12-24-8-7-23(13-19(24)26)17-5-3-15(11-21)4-6-17/h3-6,14,16H,7-10,12-13H2,1-2H3,(H,22,25)(H,27,28). The van der Waals surface area contributed by atoms with Crippen LogP contribution in [0.4, 0.5) is 5.69 Å². The zero-order valence-electron chi connectivity index (χ0n) is 16.2. The van der Waals surface area contributed by atoms with Crippen LogP contribution in [0.5, 0.6) is 0 Å². The molecule has 28 heavy (non-hydrogen) atoms. The topological polar surface area (TPSA) is 114 Å². The zero-order valence-corrected chi connectivity index (χ0v) is 16.2. The summed E-state index contributed by atoms with van der Waals surface area (Å²) in [6.07, 6.45) is 0.433. The number of nitrogens with one attached hydrogen (secondary N) is 1. The van der Waals surface area contributed by atoms with Gasteiger partial charge in [-0.15, -0.1) is 0 Å². The van der Waals surface area contributed by atoms with Gasteiger partial charge in [0, 0.05) is 24.8 Å². The van der Waals surface area contributed by atoms with E-state index in [0.717, 1.165) is 5.69 Å². The number of carboxylic acid groups (broad SMARTS) is 1. The molecule has 0 spiro atoms. The second-order valence-electron chi connectivity index (χ2n) is 7.39. The highest BCUT2D eigenvalue weighted by molar-refractivity contribution is 5.88. The second-order valence-corrected chi connectivity index (χ2v) is 7.39. The molecule has 1 fully saturated rings. The first-order valence-corrected chi connectivity index (χ1v) is 9.32. The fourth-order valence-electron chi connectivity index (χ4n) is 3.26. The lowest BCUT2D eigenvalue weighted by atomic mass is 10.0. The minimum absolute atomic E-state index is 0.0751. The lowest BCUT2D eigenvalue weighted by Gasteiger charge is -2.35. The Hall–Kier alpha value is -3.08. The number of aliphatic carboxylic acids is 1. The van der Waals surface area contributed by atoms with E-state index in [2.05, 4.69) is 11.4 Å². The number of rotatable bonds is 8. The molecule has 1 atom stereocenters. The van der Waals surface area contributed by atoms with Crippen molar-refractivity contribution in [1.82, 2.24) is 10.2 Å². The quantitative estimate of drug-likeness (QED) is 0.694. The van der Waals surface area contributed by atoms with Gasteiger partial charge in [-0.3, -0.25) is 14.4 Å². The Labute approximate surface area is 164 Å². The number of nitriles is 1. The number of benzene rings is 1. The molecule has 0 aliphatic carbocycles. The van der Waals surface area contributed by atoms with Gasteiger partial charge in [0.05, 0.1) is 31.1 Å². The molecule has 0 saturated carbocycles. The molecule has 1 heterocycles. The maximum Gasteiger partial charge on any atom is 0.305 e. The minimum atomic E-state index is -0.960. The highest BCUT2D eigenvalue weighted by Gasteiger charge is 2.27. The van der Waals surface area contributed by atoms with Gasteiger partial charge in [-0.2, -0.15) is 5.26 Å². The van der Waals surface area contributed by atoms with E-state index in [9.17, 15) is 14.4 Å². The summed E-state index contributed by atoms with van der Waals surface area (Å²) in [6, 6.07) is 8.63. The Morgan fingerprint density at radius 2 is 1.93 bits per heavy atom. The van der Waals surface area contributed by atoms with Crippen molar-refractivity contribution in [3.05, 3.63) is 29.8 Å². The number of piperazine rings is 1. The fraction of sp³-hybridized carbons (Fsp3) is 0.500. The molecular formula is C20H26N4O4. The molecule has 1 aliphatic heterocycles. The molecule has 1 unspecified atom stereocenters. The van der Waals surface area contributed by atoms with Crippen molar-refractivity contribution in [3.8, 4) is 6.07 Å². The number of carbonyl (C=O) groups is 3. The lowest BCUT2D eigenvalue weighted by molar-refractivity contribution is -0.139. The van der Waals surface area contributed by atoms with Crippen LogP contribution in [0.15, 0.2) is 24.3 Å².